The summed E-state index contributed by atoms with van der Waals surface area (Å²) in [5.74, 6) is 0. The van der Waals surface area contributed by atoms with Crippen LogP contribution in [0.3, 0.4) is 0 Å². The highest BCUT2D eigenvalue weighted by Gasteiger charge is 2.26. The molecule has 0 aromatic heterocycles. The van der Waals surface area contributed by atoms with Crippen LogP contribution in [0.1, 0.15) is 47.0 Å². The van der Waals surface area contributed by atoms with E-state index < -0.39 is 0 Å². The van der Waals surface area contributed by atoms with Gasteiger partial charge in [0.25, 0.3) is 0 Å². The van der Waals surface area contributed by atoms with E-state index in [-0.39, 0.29) is 0 Å². The Balaban J connectivity index is 2.96. The Morgan fingerprint density at radius 2 is 2.07 bits per heavy atom. The molecule has 0 unspecified atom stereocenters. The molecule has 1 nitrogen and oxygen atoms in total. The first-order valence-electron chi connectivity index (χ1n) is 5.37. The number of hydrogen-bond acceptors (Lipinski definition) is 1. The topological polar surface area (TPSA) is 23.9 Å². The average molecular weight is 191 g/mol. The zero-order valence-corrected chi connectivity index (χ0v) is 9.78. The maximum atomic E-state index is 7.40. The van der Waals surface area contributed by atoms with Crippen LogP contribution in [0.15, 0.2) is 23.3 Å². The van der Waals surface area contributed by atoms with Crippen LogP contribution in [0.4, 0.5) is 0 Å². The Morgan fingerprint density at radius 3 is 2.57 bits per heavy atom. The van der Waals surface area contributed by atoms with Crippen LogP contribution >= 0.6 is 0 Å². The predicted octanol–water partition coefficient (Wildman–Crippen LogP) is 4.11. The first-order chi connectivity index (χ1) is 6.43. The van der Waals surface area contributed by atoms with Crippen LogP contribution in [0.5, 0.6) is 0 Å². The fourth-order valence-electron chi connectivity index (χ4n) is 2.22. The summed E-state index contributed by atoms with van der Waals surface area (Å²) in [6.45, 7) is 8.64. The van der Waals surface area contributed by atoms with E-state index >= 15 is 0 Å². The molecule has 0 spiro atoms. The lowest BCUT2D eigenvalue weighted by atomic mass is 9.72. The average Bonchev–Trinajstić information content (AvgIpc) is 2.01. The molecule has 0 radical (unpaired) electrons. The van der Waals surface area contributed by atoms with Crippen molar-refractivity contribution in [2.24, 2.45) is 5.41 Å². The Bertz CT molecular complexity index is 292. The molecule has 0 amide bonds. The maximum Gasteiger partial charge on any atom is 0.0283 e. The Morgan fingerprint density at radius 1 is 1.43 bits per heavy atom. The van der Waals surface area contributed by atoms with E-state index in [1.165, 1.54) is 30.4 Å². The molecule has 0 atom stereocenters. The number of rotatable bonds is 2. The van der Waals surface area contributed by atoms with Crippen LogP contribution in [0.25, 0.3) is 0 Å². The second-order valence-electron chi connectivity index (χ2n) is 4.95. The van der Waals surface area contributed by atoms with Crippen molar-refractivity contribution in [3.63, 3.8) is 0 Å². The SMILES string of the molecule is CC(=N)/C=C/C1=C(C)CCCC1(C)C. The summed E-state index contributed by atoms with van der Waals surface area (Å²) < 4.78 is 0. The zero-order valence-electron chi connectivity index (χ0n) is 9.78. The fraction of sp³-hybridized carbons (Fsp3) is 0.615. The van der Waals surface area contributed by atoms with Crippen LogP contribution < -0.4 is 0 Å². The summed E-state index contributed by atoms with van der Waals surface area (Å²) in [4.78, 5) is 0. The fourth-order valence-corrected chi connectivity index (χ4v) is 2.22. The maximum absolute atomic E-state index is 7.40. The molecule has 1 heteroatoms. The smallest absolute Gasteiger partial charge is 0.0283 e. The van der Waals surface area contributed by atoms with Crippen molar-refractivity contribution in [3.05, 3.63) is 23.3 Å². The molecule has 1 aliphatic rings. The first-order valence-corrected chi connectivity index (χ1v) is 5.37. The highest BCUT2D eigenvalue weighted by atomic mass is 14.4. The van der Waals surface area contributed by atoms with Gasteiger partial charge in [0, 0.05) is 5.71 Å². The van der Waals surface area contributed by atoms with Gasteiger partial charge in [-0.15, -0.1) is 0 Å². The Kier molecular flexibility index (Phi) is 3.30. The lowest BCUT2D eigenvalue weighted by molar-refractivity contribution is 0.377. The molecule has 14 heavy (non-hydrogen) atoms. The minimum atomic E-state index is 0.300. The summed E-state index contributed by atoms with van der Waals surface area (Å²) in [5.41, 5.74) is 3.87. The molecule has 0 fully saturated rings. The molecule has 1 rings (SSSR count). The lowest BCUT2D eigenvalue weighted by Gasteiger charge is -2.32. The van der Waals surface area contributed by atoms with Crippen LogP contribution in [-0.2, 0) is 0 Å². The summed E-state index contributed by atoms with van der Waals surface area (Å²) in [7, 11) is 0. The normalized spacial score (nSPS) is 21.7. The van der Waals surface area contributed by atoms with Gasteiger partial charge in [0.1, 0.15) is 0 Å². The van der Waals surface area contributed by atoms with Gasteiger partial charge in [-0.25, -0.2) is 0 Å². The molecule has 0 bridgehead atoms. The number of hydrogen-bond donors (Lipinski definition) is 1. The van der Waals surface area contributed by atoms with E-state index in [1.807, 2.05) is 13.0 Å². The molecule has 0 aliphatic heterocycles. The monoisotopic (exact) mass is 191 g/mol. The second kappa shape index (κ2) is 4.12. The number of allylic oxidation sites excluding steroid dienone is 4. The predicted molar refractivity (Wildman–Crippen MR) is 62.9 cm³/mol. The summed E-state index contributed by atoms with van der Waals surface area (Å²) >= 11 is 0. The van der Waals surface area contributed by atoms with Crippen molar-refractivity contribution in [3.8, 4) is 0 Å². The molecule has 0 heterocycles. The third kappa shape index (κ3) is 2.57. The molecule has 0 aromatic rings. The van der Waals surface area contributed by atoms with Crippen LogP contribution in [0, 0.1) is 10.8 Å². The lowest BCUT2D eigenvalue weighted by Crippen LogP contribution is -2.19. The summed E-state index contributed by atoms with van der Waals surface area (Å²) in [5, 5.41) is 7.40. The molecule has 0 saturated heterocycles. The van der Waals surface area contributed by atoms with E-state index in [9.17, 15) is 0 Å². The second-order valence-corrected chi connectivity index (χ2v) is 4.95. The molecule has 1 N–H and O–H groups in total. The van der Waals surface area contributed by atoms with Crippen molar-refractivity contribution >= 4 is 5.71 Å². The van der Waals surface area contributed by atoms with E-state index in [0.717, 1.165) is 0 Å². The number of nitrogens with one attached hydrogen (secondary N) is 1. The van der Waals surface area contributed by atoms with E-state index in [0.29, 0.717) is 11.1 Å². The van der Waals surface area contributed by atoms with Crippen LogP contribution in [-0.4, -0.2) is 5.71 Å². The van der Waals surface area contributed by atoms with E-state index in [4.69, 9.17) is 5.41 Å². The standard InChI is InChI=1S/C13H21N/c1-10-6-5-9-13(3,4)12(10)8-7-11(2)14/h7-8,14H,5-6,9H2,1-4H3/b8-7+,14-11?. The van der Waals surface area contributed by atoms with Gasteiger partial charge in [-0.1, -0.05) is 25.5 Å². The Hall–Kier alpha value is -0.850. The molecular formula is C13H21N. The highest BCUT2D eigenvalue weighted by molar-refractivity contribution is 5.90. The van der Waals surface area contributed by atoms with Crippen molar-refractivity contribution < 1.29 is 0 Å². The molecule has 0 aromatic carbocycles. The van der Waals surface area contributed by atoms with Gasteiger partial charge in [-0.05, 0) is 50.2 Å². The zero-order chi connectivity index (χ0) is 10.8. The van der Waals surface area contributed by atoms with E-state index in [1.54, 1.807) is 0 Å². The van der Waals surface area contributed by atoms with Gasteiger partial charge < -0.3 is 5.41 Å². The minimum Gasteiger partial charge on any atom is -0.306 e. The van der Waals surface area contributed by atoms with Gasteiger partial charge in [-0.2, -0.15) is 0 Å². The minimum absolute atomic E-state index is 0.300. The van der Waals surface area contributed by atoms with Gasteiger partial charge >= 0.3 is 0 Å². The third-order valence-corrected chi connectivity index (χ3v) is 3.04. The highest BCUT2D eigenvalue weighted by Crippen LogP contribution is 2.40. The van der Waals surface area contributed by atoms with Crippen molar-refractivity contribution in [2.45, 2.75) is 47.0 Å². The van der Waals surface area contributed by atoms with Crippen molar-refractivity contribution in [1.29, 1.82) is 5.41 Å². The van der Waals surface area contributed by atoms with Gasteiger partial charge in [-0.3, -0.25) is 0 Å². The first kappa shape index (κ1) is 11.2. The third-order valence-electron chi connectivity index (χ3n) is 3.04. The molecule has 0 saturated carbocycles. The molecular weight excluding hydrogens is 170 g/mol. The largest absolute Gasteiger partial charge is 0.306 e. The van der Waals surface area contributed by atoms with E-state index in [2.05, 4.69) is 26.8 Å². The van der Waals surface area contributed by atoms with Gasteiger partial charge in [0.15, 0.2) is 0 Å². The van der Waals surface area contributed by atoms with Crippen LogP contribution in [0.2, 0.25) is 0 Å². The van der Waals surface area contributed by atoms with Crippen molar-refractivity contribution in [2.75, 3.05) is 0 Å². The summed E-state index contributed by atoms with van der Waals surface area (Å²) in [6.07, 6.45) is 7.84. The van der Waals surface area contributed by atoms with Crippen molar-refractivity contribution in [1.82, 2.24) is 0 Å². The van der Waals surface area contributed by atoms with Gasteiger partial charge in [0.05, 0.1) is 0 Å². The molecule has 78 valence electrons. The summed E-state index contributed by atoms with van der Waals surface area (Å²) in [6, 6.07) is 0. The van der Waals surface area contributed by atoms with Gasteiger partial charge in [0.2, 0.25) is 0 Å². The quantitative estimate of drug-likeness (QED) is 0.635. The Labute approximate surface area is 87.4 Å². The molecule has 1 aliphatic carbocycles.